The summed E-state index contributed by atoms with van der Waals surface area (Å²) >= 11 is 0. The molecule has 0 spiro atoms. The SMILES string of the molecule is c1ccc(-c2ccc3c4ccc(-c5ccccc5)cc4n(-c4ccccc4-c4ccccc4-n4c5ccccc5c5ccccc54)c3c2)cc1. The van der Waals surface area contributed by atoms with Crippen LogP contribution in [0.4, 0.5) is 0 Å². The quantitative estimate of drug-likeness (QED) is 0.178. The van der Waals surface area contributed by atoms with Gasteiger partial charge in [0.05, 0.1) is 33.4 Å². The number of para-hydroxylation sites is 4. The monoisotopic (exact) mass is 636 g/mol. The minimum absolute atomic E-state index is 1.15. The molecule has 0 aliphatic carbocycles. The van der Waals surface area contributed by atoms with Crippen LogP contribution >= 0.6 is 0 Å². The van der Waals surface area contributed by atoms with E-state index in [4.69, 9.17) is 0 Å². The Morgan fingerprint density at radius 2 is 0.600 bits per heavy atom. The number of rotatable bonds is 5. The molecule has 2 aromatic heterocycles. The van der Waals surface area contributed by atoms with E-state index in [0.717, 1.165) is 11.4 Å². The van der Waals surface area contributed by atoms with Crippen molar-refractivity contribution in [2.45, 2.75) is 0 Å². The Morgan fingerprint density at radius 1 is 0.240 bits per heavy atom. The molecule has 0 aliphatic heterocycles. The highest BCUT2D eigenvalue weighted by Gasteiger charge is 2.20. The van der Waals surface area contributed by atoms with Gasteiger partial charge in [-0.1, -0.05) is 158 Å². The van der Waals surface area contributed by atoms with Gasteiger partial charge in [0.2, 0.25) is 0 Å². The molecule has 234 valence electrons. The molecule has 0 unspecified atom stereocenters. The molecule has 10 aromatic rings. The summed E-state index contributed by atoms with van der Waals surface area (Å²) in [5.74, 6) is 0. The summed E-state index contributed by atoms with van der Waals surface area (Å²) in [4.78, 5) is 0. The molecule has 0 N–H and O–H groups in total. The third kappa shape index (κ3) is 4.43. The molecule has 0 saturated heterocycles. The molecule has 0 fully saturated rings. The lowest BCUT2D eigenvalue weighted by Gasteiger charge is -2.18. The summed E-state index contributed by atoms with van der Waals surface area (Å²) in [5.41, 5.74) is 14.3. The van der Waals surface area contributed by atoms with Crippen LogP contribution in [0, 0.1) is 0 Å². The van der Waals surface area contributed by atoms with Crippen LogP contribution in [0.2, 0.25) is 0 Å². The maximum Gasteiger partial charge on any atom is 0.0547 e. The molecule has 8 aromatic carbocycles. The van der Waals surface area contributed by atoms with Crippen molar-refractivity contribution < 1.29 is 0 Å². The smallest absolute Gasteiger partial charge is 0.0547 e. The lowest BCUT2D eigenvalue weighted by Crippen LogP contribution is -2.01. The van der Waals surface area contributed by atoms with Crippen LogP contribution in [0.1, 0.15) is 0 Å². The predicted molar refractivity (Wildman–Crippen MR) is 211 cm³/mol. The van der Waals surface area contributed by atoms with Crippen molar-refractivity contribution in [1.82, 2.24) is 9.13 Å². The number of aromatic nitrogens is 2. The van der Waals surface area contributed by atoms with E-state index in [1.807, 2.05) is 0 Å². The first-order chi connectivity index (χ1) is 24.8. The standard InChI is InChI=1S/C48H32N2/c1-3-15-33(16-4-1)35-27-29-41-42-30-28-36(34-17-5-2-6-18-34)32-48(42)50(47(41)31-35)46-26-14-10-22-40(46)39-21-9-13-25-45(39)49-43-23-11-7-19-37(43)38-20-8-12-24-44(38)49/h1-32H. The van der Waals surface area contributed by atoms with E-state index in [2.05, 4.69) is 203 Å². The number of fused-ring (bicyclic) bond motifs is 6. The van der Waals surface area contributed by atoms with Crippen LogP contribution in [0.15, 0.2) is 194 Å². The molecular weight excluding hydrogens is 605 g/mol. The molecule has 2 heterocycles. The predicted octanol–water partition coefficient (Wildman–Crippen LogP) is 12.9. The van der Waals surface area contributed by atoms with Crippen LogP contribution in [-0.4, -0.2) is 9.13 Å². The Hall–Kier alpha value is -6.64. The van der Waals surface area contributed by atoms with E-state index in [9.17, 15) is 0 Å². The zero-order chi connectivity index (χ0) is 33.0. The van der Waals surface area contributed by atoms with Crippen molar-refractivity contribution in [3.8, 4) is 44.8 Å². The van der Waals surface area contributed by atoms with E-state index in [1.165, 1.54) is 77.0 Å². The van der Waals surface area contributed by atoms with E-state index in [1.54, 1.807) is 0 Å². The Bertz CT molecular complexity index is 2710. The summed E-state index contributed by atoms with van der Waals surface area (Å²) in [7, 11) is 0. The van der Waals surface area contributed by atoms with Crippen LogP contribution in [0.25, 0.3) is 88.4 Å². The lowest BCUT2D eigenvalue weighted by molar-refractivity contribution is 1.16. The second-order valence-electron chi connectivity index (χ2n) is 12.9. The molecule has 0 aliphatic rings. The van der Waals surface area contributed by atoms with E-state index < -0.39 is 0 Å². The second-order valence-corrected chi connectivity index (χ2v) is 12.9. The maximum absolute atomic E-state index is 2.49. The molecule has 0 radical (unpaired) electrons. The van der Waals surface area contributed by atoms with E-state index in [0.29, 0.717) is 0 Å². The van der Waals surface area contributed by atoms with Gasteiger partial charge in [-0.05, 0) is 58.7 Å². The minimum Gasteiger partial charge on any atom is -0.309 e. The van der Waals surface area contributed by atoms with Gasteiger partial charge < -0.3 is 9.13 Å². The largest absolute Gasteiger partial charge is 0.309 e. The van der Waals surface area contributed by atoms with Crippen molar-refractivity contribution in [2.75, 3.05) is 0 Å². The molecule has 0 saturated carbocycles. The second kappa shape index (κ2) is 11.5. The number of hydrogen-bond acceptors (Lipinski definition) is 0. The third-order valence-corrected chi connectivity index (χ3v) is 10.1. The number of hydrogen-bond donors (Lipinski definition) is 0. The average molecular weight is 637 g/mol. The molecule has 2 nitrogen and oxygen atoms in total. The molecule has 50 heavy (non-hydrogen) atoms. The van der Waals surface area contributed by atoms with Crippen LogP contribution < -0.4 is 0 Å². The Morgan fingerprint density at radius 3 is 1.08 bits per heavy atom. The van der Waals surface area contributed by atoms with E-state index in [-0.39, 0.29) is 0 Å². The number of benzene rings is 8. The summed E-state index contributed by atoms with van der Waals surface area (Å²) in [6, 6.07) is 70.5. The van der Waals surface area contributed by atoms with Crippen molar-refractivity contribution in [1.29, 1.82) is 0 Å². The Labute approximate surface area is 290 Å². The fraction of sp³-hybridized carbons (Fsp3) is 0. The zero-order valence-electron chi connectivity index (χ0n) is 27.4. The van der Waals surface area contributed by atoms with Crippen LogP contribution in [0.5, 0.6) is 0 Å². The normalized spacial score (nSPS) is 11.6. The van der Waals surface area contributed by atoms with Gasteiger partial charge in [0, 0.05) is 32.7 Å². The van der Waals surface area contributed by atoms with Gasteiger partial charge in [0.25, 0.3) is 0 Å². The summed E-state index contributed by atoms with van der Waals surface area (Å²) in [6.45, 7) is 0. The van der Waals surface area contributed by atoms with Gasteiger partial charge >= 0.3 is 0 Å². The van der Waals surface area contributed by atoms with Gasteiger partial charge in [0.1, 0.15) is 0 Å². The highest BCUT2D eigenvalue weighted by Crippen LogP contribution is 2.42. The van der Waals surface area contributed by atoms with Crippen LogP contribution in [0.3, 0.4) is 0 Å². The molecule has 10 rings (SSSR count). The fourth-order valence-electron chi connectivity index (χ4n) is 7.87. The third-order valence-electron chi connectivity index (χ3n) is 10.1. The summed E-state index contributed by atoms with van der Waals surface area (Å²) in [6.07, 6.45) is 0. The first-order valence-corrected chi connectivity index (χ1v) is 17.2. The number of nitrogens with zero attached hydrogens (tertiary/aromatic N) is 2. The highest BCUT2D eigenvalue weighted by molar-refractivity contribution is 6.12. The van der Waals surface area contributed by atoms with Gasteiger partial charge in [0.15, 0.2) is 0 Å². The zero-order valence-corrected chi connectivity index (χ0v) is 27.4. The van der Waals surface area contributed by atoms with Crippen molar-refractivity contribution in [2.24, 2.45) is 0 Å². The molecule has 0 bridgehead atoms. The minimum atomic E-state index is 1.15. The molecule has 0 atom stereocenters. The van der Waals surface area contributed by atoms with Crippen molar-refractivity contribution >= 4 is 43.6 Å². The lowest BCUT2D eigenvalue weighted by atomic mass is 10.0. The molecule has 2 heteroatoms. The van der Waals surface area contributed by atoms with Gasteiger partial charge in [-0.3, -0.25) is 0 Å². The van der Waals surface area contributed by atoms with Gasteiger partial charge in [-0.2, -0.15) is 0 Å². The van der Waals surface area contributed by atoms with E-state index >= 15 is 0 Å². The first kappa shape index (κ1) is 28.4. The summed E-state index contributed by atoms with van der Waals surface area (Å²) in [5, 5.41) is 5.00. The molecule has 0 amide bonds. The topological polar surface area (TPSA) is 9.86 Å². The highest BCUT2D eigenvalue weighted by atomic mass is 15.0. The van der Waals surface area contributed by atoms with Gasteiger partial charge in [-0.15, -0.1) is 0 Å². The Balaban J connectivity index is 1.28. The van der Waals surface area contributed by atoms with Crippen molar-refractivity contribution in [3.63, 3.8) is 0 Å². The first-order valence-electron chi connectivity index (χ1n) is 17.2. The van der Waals surface area contributed by atoms with Crippen molar-refractivity contribution in [3.05, 3.63) is 194 Å². The fourth-order valence-corrected chi connectivity index (χ4v) is 7.87. The summed E-state index contributed by atoms with van der Waals surface area (Å²) < 4.78 is 4.92. The van der Waals surface area contributed by atoms with Crippen LogP contribution in [-0.2, 0) is 0 Å². The van der Waals surface area contributed by atoms with Gasteiger partial charge in [-0.25, -0.2) is 0 Å². The Kier molecular flexibility index (Phi) is 6.53. The molecular formula is C48H32N2. The maximum atomic E-state index is 2.49. The average Bonchev–Trinajstić information content (AvgIpc) is 3.70.